The van der Waals surface area contributed by atoms with E-state index >= 15 is 0 Å². The molecule has 0 heterocycles. The van der Waals surface area contributed by atoms with E-state index in [9.17, 15) is 30.3 Å². The summed E-state index contributed by atoms with van der Waals surface area (Å²) in [5, 5.41) is 34.7. The van der Waals surface area contributed by atoms with Gasteiger partial charge in [-0.25, -0.2) is 0 Å². The number of nitrogens with zero attached hydrogens (tertiary/aromatic N) is 3. The molecule has 9 heteroatoms. The van der Waals surface area contributed by atoms with Crippen LogP contribution in [0.4, 0.5) is 0 Å². The van der Waals surface area contributed by atoms with E-state index in [1.807, 2.05) is 0 Å². The topological polar surface area (TPSA) is 129 Å². The summed E-state index contributed by atoms with van der Waals surface area (Å²) >= 11 is 0. The molecule has 7 aliphatic carbocycles. The minimum absolute atomic E-state index is 0.0111. The van der Waals surface area contributed by atoms with Gasteiger partial charge in [-0.3, -0.25) is 30.3 Å². The maximum Gasteiger partial charge on any atom is 0.465 e. The summed E-state index contributed by atoms with van der Waals surface area (Å²) in [6, 6.07) is -0.589. The third kappa shape index (κ3) is 0.643. The maximum absolute atomic E-state index is 11.6. The van der Waals surface area contributed by atoms with Gasteiger partial charge < -0.3 is 0 Å². The molecule has 11 atom stereocenters. The van der Waals surface area contributed by atoms with Crippen molar-refractivity contribution in [1.82, 2.24) is 0 Å². The Balaban J connectivity index is 1.61. The van der Waals surface area contributed by atoms with E-state index in [-0.39, 0.29) is 52.3 Å². The zero-order valence-corrected chi connectivity index (χ0v) is 10.6. The Hall–Kier alpha value is -1.80. The fourth-order valence-electron chi connectivity index (χ4n) is 8.72. The zero-order chi connectivity index (χ0) is 14.6. The van der Waals surface area contributed by atoms with E-state index in [1.54, 1.807) is 0 Å². The highest BCUT2D eigenvalue weighted by Crippen LogP contribution is 2.93. The van der Waals surface area contributed by atoms with Gasteiger partial charge in [-0.15, -0.1) is 0 Å². The second-order valence-electron chi connectivity index (χ2n) is 7.74. The van der Waals surface area contributed by atoms with Gasteiger partial charge in [0, 0.05) is 16.8 Å². The standard InChI is InChI=1S/C12H11N3O6/c16-13(17)11-7-1-2-4-3(1)9-5(7)6(8(2)11)10(4)12(9,14(18)19)15(20)21/h1-11H/t1-,2+,3-,4+,5-,6-,7-,8-,9+,10+,11?/m0/s1. The van der Waals surface area contributed by atoms with E-state index < -0.39 is 33.4 Å². The van der Waals surface area contributed by atoms with Crippen molar-refractivity contribution in [3.63, 3.8) is 0 Å². The van der Waals surface area contributed by atoms with Gasteiger partial charge in [0.15, 0.2) is 0 Å². The second kappa shape index (κ2) is 2.52. The molecule has 0 aromatic rings. The summed E-state index contributed by atoms with van der Waals surface area (Å²) in [7, 11) is 0. The SMILES string of the molecule is O=[N+]([O-])C1[C@H]2[C@@H]3[C@@H]4[C@H]1[C@@H]1[C@@H]2[C@H]2[C@H]3[C@H]4[C@H]1C2([N+](=O)[O-])[N+](=O)[O-]. The van der Waals surface area contributed by atoms with Crippen molar-refractivity contribution in [3.05, 3.63) is 30.3 Å². The molecule has 0 aromatic heterocycles. The summed E-state index contributed by atoms with van der Waals surface area (Å²) < 4.78 is 0. The number of hydrogen-bond acceptors (Lipinski definition) is 6. The molecule has 4 bridgehead atoms. The molecule has 21 heavy (non-hydrogen) atoms. The molecule has 0 aliphatic heterocycles. The predicted octanol–water partition coefficient (Wildman–Crippen LogP) is 0.125. The Morgan fingerprint density at radius 3 is 1.33 bits per heavy atom. The molecule has 9 nitrogen and oxygen atoms in total. The first-order chi connectivity index (χ1) is 9.95. The lowest BCUT2D eigenvalue weighted by atomic mass is 9.60. The molecule has 0 saturated heterocycles. The minimum atomic E-state index is -2.04. The van der Waals surface area contributed by atoms with E-state index in [2.05, 4.69) is 0 Å². The van der Waals surface area contributed by atoms with Crippen molar-refractivity contribution < 1.29 is 14.8 Å². The van der Waals surface area contributed by atoms with Crippen LogP contribution in [-0.2, 0) is 0 Å². The minimum Gasteiger partial charge on any atom is -0.264 e. The molecular formula is C12H11N3O6. The second-order valence-corrected chi connectivity index (χ2v) is 7.74. The van der Waals surface area contributed by atoms with Crippen LogP contribution >= 0.6 is 0 Å². The quantitative estimate of drug-likeness (QED) is 0.413. The lowest BCUT2D eigenvalue weighted by Crippen LogP contribution is -2.52. The van der Waals surface area contributed by atoms with Gasteiger partial charge in [-0.2, -0.15) is 0 Å². The molecular weight excluding hydrogens is 282 g/mol. The van der Waals surface area contributed by atoms with Crippen LogP contribution in [0.15, 0.2) is 0 Å². The molecule has 1 unspecified atom stereocenters. The third-order valence-electron chi connectivity index (χ3n) is 8.26. The largest absolute Gasteiger partial charge is 0.465 e. The van der Waals surface area contributed by atoms with Gasteiger partial charge in [0.1, 0.15) is 11.8 Å². The van der Waals surface area contributed by atoms with Crippen LogP contribution in [0, 0.1) is 89.5 Å². The van der Waals surface area contributed by atoms with Crippen molar-refractivity contribution in [2.75, 3.05) is 0 Å². The number of hydrogen-bond donors (Lipinski definition) is 0. The number of rotatable bonds is 3. The lowest BCUT2D eigenvalue weighted by Gasteiger charge is -2.42. The van der Waals surface area contributed by atoms with Crippen LogP contribution < -0.4 is 0 Å². The highest BCUT2D eigenvalue weighted by Gasteiger charge is 3.03. The summed E-state index contributed by atoms with van der Waals surface area (Å²) in [6.45, 7) is 0. The lowest BCUT2D eigenvalue weighted by molar-refractivity contribution is -0.809. The summed E-state index contributed by atoms with van der Waals surface area (Å²) in [5.41, 5.74) is -2.04. The Labute approximate surface area is 117 Å². The zero-order valence-electron chi connectivity index (χ0n) is 10.6. The van der Waals surface area contributed by atoms with Crippen LogP contribution in [0.3, 0.4) is 0 Å². The van der Waals surface area contributed by atoms with Crippen molar-refractivity contribution in [2.24, 2.45) is 59.2 Å². The van der Waals surface area contributed by atoms with Crippen molar-refractivity contribution in [3.8, 4) is 0 Å². The van der Waals surface area contributed by atoms with Gasteiger partial charge in [-0.05, 0) is 35.5 Å². The fraction of sp³-hybridized carbons (Fsp3) is 1.00. The number of nitro groups is 3. The van der Waals surface area contributed by atoms with Gasteiger partial charge in [0.25, 0.3) is 0 Å². The third-order valence-corrected chi connectivity index (χ3v) is 8.26. The first kappa shape index (κ1) is 10.9. The highest BCUT2D eigenvalue weighted by molar-refractivity contribution is 5.39. The molecule has 7 rings (SSSR count). The highest BCUT2D eigenvalue weighted by atomic mass is 16.7. The van der Waals surface area contributed by atoms with Gasteiger partial charge in [0.2, 0.25) is 6.04 Å². The molecule has 0 aromatic carbocycles. The van der Waals surface area contributed by atoms with Crippen LogP contribution in [0.1, 0.15) is 0 Å². The average Bonchev–Trinajstić information content (AvgIpc) is 2.96. The van der Waals surface area contributed by atoms with E-state index in [1.165, 1.54) is 0 Å². The monoisotopic (exact) mass is 293 g/mol. The Kier molecular flexibility index (Phi) is 1.30. The van der Waals surface area contributed by atoms with Crippen LogP contribution in [-0.4, -0.2) is 26.5 Å². The average molecular weight is 293 g/mol. The molecule has 0 spiro atoms. The Morgan fingerprint density at radius 1 is 0.619 bits per heavy atom. The smallest absolute Gasteiger partial charge is 0.264 e. The Bertz CT molecular complexity index is 630. The summed E-state index contributed by atoms with van der Waals surface area (Å²) in [6.07, 6.45) is 0. The van der Waals surface area contributed by atoms with E-state index in [0.29, 0.717) is 0 Å². The van der Waals surface area contributed by atoms with E-state index in [4.69, 9.17) is 0 Å². The summed E-state index contributed by atoms with van der Waals surface area (Å²) in [4.78, 5) is 33.2. The van der Waals surface area contributed by atoms with Gasteiger partial charge >= 0.3 is 5.66 Å². The summed E-state index contributed by atoms with van der Waals surface area (Å²) in [5.74, 6) is -1.30. The first-order valence-electron chi connectivity index (χ1n) is 7.38. The molecule has 0 radical (unpaired) electrons. The van der Waals surface area contributed by atoms with Crippen LogP contribution in [0.25, 0.3) is 0 Å². The predicted molar refractivity (Wildman–Crippen MR) is 62.4 cm³/mol. The van der Waals surface area contributed by atoms with Crippen LogP contribution in [0.5, 0.6) is 0 Å². The van der Waals surface area contributed by atoms with E-state index in [0.717, 1.165) is 0 Å². The molecule has 7 saturated carbocycles. The normalized spacial score (nSPS) is 64.3. The van der Waals surface area contributed by atoms with Gasteiger partial charge in [0.05, 0.1) is 9.85 Å². The molecule has 7 fully saturated rings. The van der Waals surface area contributed by atoms with Gasteiger partial charge in [-0.1, -0.05) is 0 Å². The van der Waals surface area contributed by atoms with Crippen molar-refractivity contribution >= 4 is 0 Å². The Morgan fingerprint density at radius 2 is 1.00 bits per heavy atom. The van der Waals surface area contributed by atoms with Crippen LogP contribution in [0.2, 0.25) is 0 Å². The fourth-order valence-corrected chi connectivity index (χ4v) is 8.72. The first-order valence-corrected chi connectivity index (χ1v) is 7.38. The molecule has 7 aliphatic rings. The van der Waals surface area contributed by atoms with Crippen molar-refractivity contribution in [1.29, 1.82) is 0 Å². The van der Waals surface area contributed by atoms with Crippen molar-refractivity contribution in [2.45, 2.75) is 11.7 Å². The molecule has 110 valence electrons. The molecule has 0 amide bonds. The molecule has 0 N–H and O–H groups in total. The maximum atomic E-state index is 11.6.